The number of hydrogen-bond acceptors (Lipinski definition) is 5. The highest BCUT2D eigenvalue weighted by Crippen LogP contribution is 2.25. The van der Waals surface area contributed by atoms with E-state index in [2.05, 4.69) is 15.7 Å². The maximum absolute atomic E-state index is 14.1. The molecule has 3 heterocycles. The molecule has 142 valence electrons. The minimum Gasteiger partial charge on any atom is -0.365 e. The van der Waals surface area contributed by atoms with Crippen molar-refractivity contribution in [3.05, 3.63) is 23.8 Å². The standard InChI is InChI=1S/C14H18F3N5O.2ClH/c15-12-11(21-7-4-18-5-8-21)2-1-10(19-12)13(23)20-22-6-3-14(16,17)9-22;;/h1-2,18H,3-9H2,(H,20,23);2*1H. The Balaban J connectivity index is 0.00000156. The van der Waals surface area contributed by atoms with Gasteiger partial charge in [-0.2, -0.15) is 4.39 Å². The zero-order valence-corrected chi connectivity index (χ0v) is 14.9. The van der Waals surface area contributed by atoms with E-state index in [1.807, 2.05) is 4.90 Å². The minimum atomic E-state index is -2.81. The summed E-state index contributed by atoms with van der Waals surface area (Å²) < 4.78 is 40.3. The summed E-state index contributed by atoms with van der Waals surface area (Å²) in [4.78, 5) is 17.5. The number of carbonyl (C=O) groups is 1. The number of hydrogen-bond donors (Lipinski definition) is 2. The van der Waals surface area contributed by atoms with E-state index in [0.29, 0.717) is 18.8 Å². The topological polar surface area (TPSA) is 60.5 Å². The fourth-order valence-corrected chi connectivity index (χ4v) is 2.73. The van der Waals surface area contributed by atoms with Crippen LogP contribution in [-0.2, 0) is 0 Å². The Morgan fingerprint density at radius 3 is 2.44 bits per heavy atom. The molecule has 3 rings (SSSR count). The molecule has 0 atom stereocenters. The quantitative estimate of drug-likeness (QED) is 0.750. The van der Waals surface area contributed by atoms with Crippen molar-refractivity contribution in [2.24, 2.45) is 0 Å². The lowest BCUT2D eigenvalue weighted by molar-refractivity contribution is 0.00698. The highest BCUT2D eigenvalue weighted by atomic mass is 35.5. The maximum atomic E-state index is 14.1. The van der Waals surface area contributed by atoms with Crippen LogP contribution in [0, 0.1) is 5.95 Å². The van der Waals surface area contributed by atoms with Gasteiger partial charge in [-0.15, -0.1) is 24.8 Å². The highest BCUT2D eigenvalue weighted by Gasteiger charge is 2.39. The molecular formula is C14H20Cl2F3N5O. The van der Waals surface area contributed by atoms with Crippen molar-refractivity contribution in [3.63, 3.8) is 0 Å². The first-order valence-corrected chi connectivity index (χ1v) is 7.51. The average Bonchev–Trinajstić information content (AvgIpc) is 2.86. The van der Waals surface area contributed by atoms with Crippen molar-refractivity contribution in [3.8, 4) is 0 Å². The molecule has 1 aromatic rings. The number of amides is 1. The number of aromatic nitrogens is 1. The number of nitrogens with one attached hydrogen (secondary N) is 2. The second kappa shape index (κ2) is 8.88. The molecule has 0 aliphatic carbocycles. The molecule has 0 aromatic carbocycles. The van der Waals surface area contributed by atoms with Crippen molar-refractivity contribution < 1.29 is 18.0 Å². The third-order valence-electron chi connectivity index (χ3n) is 3.95. The lowest BCUT2D eigenvalue weighted by atomic mass is 10.2. The number of pyridine rings is 1. The van der Waals surface area contributed by atoms with Gasteiger partial charge in [0.2, 0.25) is 5.95 Å². The van der Waals surface area contributed by atoms with Crippen LogP contribution in [0.5, 0.6) is 0 Å². The van der Waals surface area contributed by atoms with Crippen LogP contribution in [0.15, 0.2) is 12.1 Å². The van der Waals surface area contributed by atoms with Gasteiger partial charge in [0.1, 0.15) is 5.69 Å². The molecule has 1 aromatic heterocycles. The fourth-order valence-electron chi connectivity index (χ4n) is 2.73. The summed E-state index contributed by atoms with van der Waals surface area (Å²) in [7, 11) is 0. The van der Waals surface area contributed by atoms with Crippen molar-refractivity contribution in [2.45, 2.75) is 12.3 Å². The lowest BCUT2D eigenvalue weighted by Crippen LogP contribution is -2.44. The van der Waals surface area contributed by atoms with Crippen LogP contribution in [0.25, 0.3) is 0 Å². The van der Waals surface area contributed by atoms with Gasteiger partial charge in [-0.1, -0.05) is 0 Å². The van der Waals surface area contributed by atoms with Gasteiger partial charge in [0, 0.05) is 39.1 Å². The van der Waals surface area contributed by atoms with Gasteiger partial charge in [-0.25, -0.2) is 18.8 Å². The largest absolute Gasteiger partial charge is 0.365 e. The molecule has 2 aliphatic rings. The van der Waals surface area contributed by atoms with Crippen molar-refractivity contribution in [2.75, 3.05) is 44.2 Å². The van der Waals surface area contributed by atoms with Crippen molar-refractivity contribution in [1.82, 2.24) is 20.7 Å². The predicted molar refractivity (Wildman–Crippen MR) is 92.4 cm³/mol. The minimum absolute atomic E-state index is 0. The van der Waals surface area contributed by atoms with Crippen LogP contribution >= 0.6 is 24.8 Å². The van der Waals surface area contributed by atoms with E-state index in [1.165, 1.54) is 12.1 Å². The molecule has 0 unspecified atom stereocenters. The number of carbonyl (C=O) groups excluding carboxylic acids is 1. The first-order valence-electron chi connectivity index (χ1n) is 7.51. The van der Waals surface area contributed by atoms with Gasteiger partial charge >= 0.3 is 0 Å². The third kappa shape index (κ3) is 5.34. The molecule has 1 amide bonds. The van der Waals surface area contributed by atoms with Crippen LogP contribution in [0.2, 0.25) is 0 Å². The predicted octanol–water partition coefficient (Wildman–Crippen LogP) is 1.46. The van der Waals surface area contributed by atoms with Gasteiger partial charge in [0.15, 0.2) is 0 Å². The van der Waals surface area contributed by atoms with Crippen LogP contribution in [0.3, 0.4) is 0 Å². The molecule has 0 radical (unpaired) electrons. The number of hydrazine groups is 1. The first kappa shape index (κ1) is 21.8. The third-order valence-corrected chi connectivity index (χ3v) is 3.95. The summed E-state index contributed by atoms with van der Waals surface area (Å²) in [5.74, 6) is -4.22. The summed E-state index contributed by atoms with van der Waals surface area (Å²) in [6.07, 6.45) is -0.309. The van der Waals surface area contributed by atoms with Gasteiger partial charge in [0.05, 0.1) is 12.2 Å². The molecule has 0 bridgehead atoms. The molecule has 2 aliphatic heterocycles. The Morgan fingerprint density at radius 1 is 1.20 bits per heavy atom. The summed E-state index contributed by atoms with van der Waals surface area (Å²) in [5.41, 5.74) is 2.55. The van der Waals surface area contributed by atoms with E-state index in [1.54, 1.807) is 0 Å². The Bertz CT molecular complexity index is 602. The zero-order chi connectivity index (χ0) is 16.4. The summed E-state index contributed by atoms with van der Waals surface area (Å²) in [6.45, 7) is 2.34. The molecule has 11 heteroatoms. The van der Waals surface area contributed by atoms with E-state index < -0.39 is 24.3 Å². The number of anilines is 1. The molecule has 0 spiro atoms. The zero-order valence-electron chi connectivity index (χ0n) is 13.3. The average molecular weight is 402 g/mol. The molecule has 25 heavy (non-hydrogen) atoms. The summed E-state index contributed by atoms with van der Waals surface area (Å²) in [6, 6.07) is 2.91. The Kier molecular flexibility index (Phi) is 7.73. The lowest BCUT2D eigenvalue weighted by Gasteiger charge is -2.29. The summed E-state index contributed by atoms with van der Waals surface area (Å²) in [5, 5.41) is 4.30. The highest BCUT2D eigenvalue weighted by molar-refractivity contribution is 5.92. The molecule has 0 saturated carbocycles. The smallest absolute Gasteiger partial charge is 0.284 e. The Labute approximate surface area is 155 Å². The molecular weight excluding hydrogens is 382 g/mol. The Hall–Kier alpha value is -1.29. The SMILES string of the molecule is Cl.Cl.O=C(NN1CCC(F)(F)C1)c1ccc(N2CCNCC2)c(F)n1. The molecule has 2 saturated heterocycles. The van der Waals surface area contributed by atoms with Gasteiger partial charge in [-0.3, -0.25) is 10.2 Å². The number of piperazine rings is 1. The van der Waals surface area contributed by atoms with Crippen LogP contribution in [-0.4, -0.2) is 61.1 Å². The number of nitrogens with zero attached hydrogens (tertiary/aromatic N) is 3. The second-order valence-corrected chi connectivity index (χ2v) is 5.71. The number of halogens is 5. The van der Waals surface area contributed by atoms with Crippen molar-refractivity contribution >= 4 is 36.4 Å². The van der Waals surface area contributed by atoms with Crippen molar-refractivity contribution in [1.29, 1.82) is 0 Å². The van der Waals surface area contributed by atoms with Crippen LogP contribution in [0.1, 0.15) is 16.9 Å². The van der Waals surface area contributed by atoms with Gasteiger partial charge < -0.3 is 10.2 Å². The van der Waals surface area contributed by atoms with E-state index >= 15 is 0 Å². The molecule has 6 nitrogen and oxygen atoms in total. The van der Waals surface area contributed by atoms with Crippen LogP contribution in [0.4, 0.5) is 18.9 Å². The second-order valence-electron chi connectivity index (χ2n) is 5.71. The van der Waals surface area contributed by atoms with E-state index in [9.17, 15) is 18.0 Å². The van der Waals surface area contributed by atoms with E-state index in [4.69, 9.17) is 0 Å². The van der Waals surface area contributed by atoms with E-state index in [0.717, 1.165) is 18.1 Å². The van der Waals surface area contributed by atoms with Gasteiger partial charge in [0.25, 0.3) is 11.8 Å². The maximum Gasteiger partial charge on any atom is 0.284 e. The van der Waals surface area contributed by atoms with Crippen LogP contribution < -0.4 is 15.6 Å². The number of rotatable bonds is 3. The first-order chi connectivity index (χ1) is 10.9. The molecule has 2 fully saturated rings. The summed E-state index contributed by atoms with van der Waals surface area (Å²) >= 11 is 0. The monoisotopic (exact) mass is 401 g/mol. The van der Waals surface area contributed by atoms with E-state index in [-0.39, 0.29) is 43.5 Å². The van der Waals surface area contributed by atoms with Gasteiger partial charge in [-0.05, 0) is 12.1 Å². The Morgan fingerprint density at radius 2 is 1.88 bits per heavy atom. The normalized spacial score (nSPS) is 19.7. The fraction of sp³-hybridized carbons (Fsp3) is 0.571. The number of alkyl halides is 2. The molecule has 2 N–H and O–H groups in total.